The van der Waals surface area contributed by atoms with E-state index in [1.54, 1.807) is 0 Å². The van der Waals surface area contributed by atoms with E-state index in [1.807, 2.05) is 6.92 Å². The monoisotopic (exact) mass is 219 g/mol. The van der Waals surface area contributed by atoms with Gasteiger partial charge in [0, 0.05) is 17.4 Å². The molecular weight excluding hydrogens is 202 g/mol. The van der Waals surface area contributed by atoms with Crippen molar-refractivity contribution in [2.24, 2.45) is 0 Å². The number of hydrogen-bond donors (Lipinski definition) is 1. The molecule has 0 atom stereocenters. The lowest BCUT2D eigenvalue weighted by molar-refractivity contribution is 0.398. The minimum Gasteiger partial charge on any atom is -0.308 e. The average Bonchev–Trinajstić information content (AvgIpc) is 1.87. The molecule has 66 valence electrons. The Morgan fingerprint density at radius 2 is 2.09 bits per heavy atom. The van der Waals surface area contributed by atoms with Crippen molar-refractivity contribution in [3.05, 3.63) is 12.2 Å². The van der Waals surface area contributed by atoms with Crippen LogP contribution in [0.1, 0.15) is 27.2 Å². The Morgan fingerprint density at radius 1 is 1.45 bits per heavy atom. The van der Waals surface area contributed by atoms with Crippen molar-refractivity contribution < 1.29 is 0 Å². The van der Waals surface area contributed by atoms with E-state index in [4.69, 9.17) is 0 Å². The van der Waals surface area contributed by atoms with E-state index in [0.717, 1.165) is 18.3 Å². The zero-order valence-electron chi connectivity index (χ0n) is 7.65. The molecule has 1 nitrogen and oxygen atoms in total. The molecule has 0 heterocycles. The molecule has 0 saturated carbocycles. The normalized spacial score (nSPS) is 12.7. The van der Waals surface area contributed by atoms with E-state index in [1.165, 1.54) is 0 Å². The number of hydrogen-bond acceptors (Lipinski definition) is 1. The third-order valence-electron chi connectivity index (χ3n) is 1.65. The Labute approximate surface area is 78.4 Å². The standard InChI is InChI=1S/C9H18BrN/c1-4-5-8-11-9(2,3)6-7-10/h4-5,11H,6-8H2,1-3H3/b5-4+. The lowest BCUT2D eigenvalue weighted by Gasteiger charge is -2.24. The molecule has 2 heteroatoms. The lowest BCUT2D eigenvalue weighted by Crippen LogP contribution is -2.39. The van der Waals surface area contributed by atoms with Gasteiger partial charge in [-0.2, -0.15) is 0 Å². The highest BCUT2D eigenvalue weighted by molar-refractivity contribution is 9.09. The van der Waals surface area contributed by atoms with Crippen LogP contribution in [0.2, 0.25) is 0 Å². The summed E-state index contributed by atoms with van der Waals surface area (Å²) >= 11 is 3.44. The van der Waals surface area contributed by atoms with Crippen LogP contribution in [0.25, 0.3) is 0 Å². The van der Waals surface area contributed by atoms with Gasteiger partial charge in [0.1, 0.15) is 0 Å². The molecule has 0 aliphatic rings. The Morgan fingerprint density at radius 3 is 2.55 bits per heavy atom. The smallest absolute Gasteiger partial charge is 0.0139 e. The Balaban J connectivity index is 3.54. The van der Waals surface area contributed by atoms with Crippen LogP contribution >= 0.6 is 15.9 Å². The van der Waals surface area contributed by atoms with E-state index in [-0.39, 0.29) is 5.54 Å². The SMILES string of the molecule is C/C=C/CNC(C)(C)CCBr. The zero-order chi connectivity index (χ0) is 8.74. The van der Waals surface area contributed by atoms with Gasteiger partial charge in [-0.25, -0.2) is 0 Å². The van der Waals surface area contributed by atoms with Crippen molar-refractivity contribution in [3.8, 4) is 0 Å². The summed E-state index contributed by atoms with van der Waals surface area (Å²) in [7, 11) is 0. The first-order valence-electron chi connectivity index (χ1n) is 4.04. The van der Waals surface area contributed by atoms with E-state index >= 15 is 0 Å². The summed E-state index contributed by atoms with van der Waals surface area (Å²) in [6, 6.07) is 0. The molecule has 1 N–H and O–H groups in total. The fraction of sp³-hybridized carbons (Fsp3) is 0.778. The largest absolute Gasteiger partial charge is 0.308 e. The topological polar surface area (TPSA) is 12.0 Å². The van der Waals surface area contributed by atoms with Crippen LogP contribution in [0.4, 0.5) is 0 Å². The molecule has 0 aliphatic heterocycles. The van der Waals surface area contributed by atoms with Gasteiger partial charge in [0.25, 0.3) is 0 Å². The van der Waals surface area contributed by atoms with Crippen LogP contribution in [0.3, 0.4) is 0 Å². The number of halogens is 1. The Kier molecular flexibility index (Phi) is 5.88. The quantitative estimate of drug-likeness (QED) is 0.554. The third kappa shape index (κ3) is 6.57. The molecule has 11 heavy (non-hydrogen) atoms. The molecule has 0 amide bonds. The van der Waals surface area contributed by atoms with Gasteiger partial charge in [-0.05, 0) is 27.2 Å². The number of rotatable bonds is 5. The summed E-state index contributed by atoms with van der Waals surface area (Å²) in [5.41, 5.74) is 0.253. The van der Waals surface area contributed by atoms with Crippen LogP contribution in [0, 0.1) is 0 Å². The molecule has 0 aliphatic carbocycles. The molecule has 0 fully saturated rings. The van der Waals surface area contributed by atoms with Gasteiger partial charge in [-0.3, -0.25) is 0 Å². The van der Waals surface area contributed by atoms with Crippen molar-refractivity contribution in [1.82, 2.24) is 5.32 Å². The Hall–Kier alpha value is 0.180. The van der Waals surface area contributed by atoms with Crippen LogP contribution < -0.4 is 5.32 Å². The maximum absolute atomic E-state index is 3.44. The molecule has 0 bridgehead atoms. The van der Waals surface area contributed by atoms with Gasteiger partial charge in [-0.1, -0.05) is 28.1 Å². The summed E-state index contributed by atoms with van der Waals surface area (Å²) in [6.07, 6.45) is 5.36. The van der Waals surface area contributed by atoms with Gasteiger partial charge in [-0.15, -0.1) is 0 Å². The minimum absolute atomic E-state index is 0.253. The van der Waals surface area contributed by atoms with E-state index in [0.29, 0.717) is 0 Å². The highest BCUT2D eigenvalue weighted by Gasteiger charge is 2.13. The second-order valence-electron chi connectivity index (χ2n) is 3.27. The number of allylic oxidation sites excluding steroid dienone is 1. The molecule has 0 aromatic carbocycles. The zero-order valence-corrected chi connectivity index (χ0v) is 9.24. The highest BCUT2D eigenvalue weighted by atomic mass is 79.9. The van der Waals surface area contributed by atoms with Crippen molar-refractivity contribution in [3.63, 3.8) is 0 Å². The highest BCUT2D eigenvalue weighted by Crippen LogP contribution is 2.09. The van der Waals surface area contributed by atoms with Crippen LogP contribution in [-0.2, 0) is 0 Å². The second-order valence-corrected chi connectivity index (χ2v) is 4.07. The minimum atomic E-state index is 0.253. The van der Waals surface area contributed by atoms with Gasteiger partial charge >= 0.3 is 0 Å². The van der Waals surface area contributed by atoms with E-state index in [9.17, 15) is 0 Å². The maximum Gasteiger partial charge on any atom is 0.0139 e. The molecule has 0 spiro atoms. The first-order valence-corrected chi connectivity index (χ1v) is 5.16. The predicted octanol–water partition coefficient (Wildman–Crippen LogP) is 2.72. The van der Waals surface area contributed by atoms with Gasteiger partial charge in [0.05, 0.1) is 0 Å². The third-order valence-corrected chi connectivity index (χ3v) is 2.05. The van der Waals surface area contributed by atoms with Crippen molar-refractivity contribution >= 4 is 15.9 Å². The fourth-order valence-electron chi connectivity index (χ4n) is 0.778. The molecule has 0 radical (unpaired) electrons. The summed E-state index contributed by atoms with van der Waals surface area (Å²) in [5.74, 6) is 0. The lowest BCUT2D eigenvalue weighted by atomic mass is 10.0. The molecule has 0 rings (SSSR count). The Bertz CT molecular complexity index is 119. The van der Waals surface area contributed by atoms with E-state index < -0.39 is 0 Å². The van der Waals surface area contributed by atoms with Gasteiger partial charge in [0.15, 0.2) is 0 Å². The van der Waals surface area contributed by atoms with E-state index in [2.05, 4.69) is 47.2 Å². The maximum atomic E-state index is 3.44. The summed E-state index contributed by atoms with van der Waals surface area (Å²) in [6.45, 7) is 7.45. The molecule has 0 aromatic heterocycles. The fourth-order valence-corrected chi connectivity index (χ4v) is 1.77. The van der Waals surface area contributed by atoms with Crippen LogP contribution in [0.5, 0.6) is 0 Å². The van der Waals surface area contributed by atoms with Crippen molar-refractivity contribution in [1.29, 1.82) is 0 Å². The van der Waals surface area contributed by atoms with Crippen molar-refractivity contribution in [2.75, 3.05) is 11.9 Å². The summed E-state index contributed by atoms with van der Waals surface area (Å²) < 4.78 is 0. The van der Waals surface area contributed by atoms with Crippen LogP contribution in [0.15, 0.2) is 12.2 Å². The second kappa shape index (κ2) is 5.78. The first kappa shape index (κ1) is 11.2. The van der Waals surface area contributed by atoms with Gasteiger partial charge < -0.3 is 5.32 Å². The number of nitrogens with one attached hydrogen (secondary N) is 1. The first-order chi connectivity index (χ1) is 5.12. The van der Waals surface area contributed by atoms with Gasteiger partial charge in [0.2, 0.25) is 0 Å². The molecule has 0 aromatic rings. The number of alkyl halides is 1. The molecule has 0 unspecified atom stereocenters. The summed E-state index contributed by atoms with van der Waals surface area (Å²) in [5, 5.41) is 4.50. The van der Waals surface area contributed by atoms with Crippen molar-refractivity contribution in [2.45, 2.75) is 32.7 Å². The molecule has 0 saturated heterocycles. The van der Waals surface area contributed by atoms with Crippen LogP contribution in [-0.4, -0.2) is 17.4 Å². The molecular formula is C9H18BrN. The average molecular weight is 220 g/mol. The predicted molar refractivity (Wildman–Crippen MR) is 55.3 cm³/mol. The summed E-state index contributed by atoms with van der Waals surface area (Å²) in [4.78, 5) is 0.